The molecule has 4 atom stereocenters. The number of ether oxygens (including phenoxy) is 1. The number of amides is 3. The van der Waals surface area contributed by atoms with Crippen LogP contribution in [-0.4, -0.2) is 119 Å². The van der Waals surface area contributed by atoms with E-state index in [1.54, 1.807) is 0 Å². The predicted molar refractivity (Wildman–Crippen MR) is 157 cm³/mol. The summed E-state index contributed by atoms with van der Waals surface area (Å²) in [6, 6.07) is -5.79. The second kappa shape index (κ2) is 21.9. The molecule has 0 aliphatic rings. The topological polar surface area (TPSA) is 302 Å². The number of aliphatic imine (C=N–C) groups is 1. The van der Waals surface area contributed by atoms with Gasteiger partial charge in [0.05, 0.1) is 18.9 Å². The minimum Gasteiger partial charge on any atom is -0.481 e. The first-order valence-corrected chi connectivity index (χ1v) is 15.3. The number of carbonyl (C=O) groups excluding carboxylic acids is 4. The van der Waals surface area contributed by atoms with Gasteiger partial charge >= 0.3 is 23.9 Å². The fourth-order valence-electron chi connectivity index (χ4n) is 3.26. The summed E-state index contributed by atoms with van der Waals surface area (Å²) in [5.74, 6) is -7.31. The molecular formula is C23H39N7O11S2. The van der Waals surface area contributed by atoms with Crippen LogP contribution in [0.2, 0.25) is 0 Å². The molecule has 11 N–H and O–H groups in total. The van der Waals surface area contributed by atoms with Crippen molar-refractivity contribution in [3.63, 3.8) is 0 Å². The third kappa shape index (κ3) is 19.1. The van der Waals surface area contributed by atoms with Crippen LogP contribution in [0.25, 0.3) is 0 Å². The van der Waals surface area contributed by atoms with Gasteiger partial charge in [-0.15, -0.1) is 0 Å². The van der Waals surface area contributed by atoms with Crippen LogP contribution < -0.4 is 32.7 Å². The van der Waals surface area contributed by atoms with E-state index < -0.39 is 78.6 Å². The Hall–Kier alpha value is -3.78. The van der Waals surface area contributed by atoms with Gasteiger partial charge in [-0.25, -0.2) is 4.79 Å². The highest BCUT2D eigenvalue weighted by atomic mass is 33.1. The Labute approximate surface area is 255 Å². The van der Waals surface area contributed by atoms with Gasteiger partial charge in [-0.1, -0.05) is 21.6 Å². The molecule has 0 radical (unpaired) electrons. The number of aliphatic carboxylic acids is 3. The van der Waals surface area contributed by atoms with Gasteiger partial charge in [0.2, 0.25) is 17.7 Å². The van der Waals surface area contributed by atoms with Crippen molar-refractivity contribution in [3.05, 3.63) is 0 Å². The minimum atomic E-state index is -1.79. The lowest BCUT2D eigenvalue weighted by molar-refractivity contribution is -0.145. The van der Waals surface area contributed by atoms with Crippen molar-refractivity contribution in [2.75, 3.05) is 31.7 Å². The van der Waals surface area contributed by atoms with Gasteiger partial charge in [0, 0.05) is 25.0 Å². The van der Waals surface area contributed by atoms with E-state index in [-0.39, 0.29) is 37.7 Å². The number of nitrogens with one attached hydrogen (secondary N) is 4. The molecule has 3 amide bonds. The van der Waals surface area contributed by atoms with Crippen LogP contribution in [0.15, 0.2) is 4.99 Å². The van der Waals surface area contributed by atoms with Crippen molar-refractivity contribution in [2.45, 2.75) is 63.2 Å². The Balaban J connectivity index is 5.38. The average molecular weight is 654 g/mol. The maximum absolute atomic E-state index is 12.9. The monoisotopic (exact) mass is 653 g/mol. The van der Waals surface area contributed by atoms with Crippen LogP contribution in [0.5, 0.6) is 0 Å². The molecule has 0 fully saturated rings. The van der Waals surface area contributed by atoms with Gasteiger partial charge in [-0.05, 0) is 26.3 Å². The van der Waals surface area contributed by atoms with Gasteiger partial charge < -0.3 is 52.8 Å². The zero-order chi connectivity index (χ0) is 32.9. The quantitative estimate of drug-likeness (QED) is 0.0180. The summed E-state index contributed by atoms with van der Waals surface area (Å²) in [5.41, 5.74) is 10.5. The number of esters is 1. The van der Waals surface area contributed by atoms with Crippen molar-refractivity contribution in [2.24, 2.45) is 16.5 Å². The molecule has 0 aromatic heterocycles. The molecule has 0 aromatic rings. The Morgan fingerprint density at radius 1 is 0.767 bits per heavy atom. The van der Waals surface area contributed by atoms with Crippen LogP contribution in [0.3, 0.4) is 0 Å². The lowest BCUT2D eigenvalue weighted by atomic mass is 10.1. The van der Waals surface area contributed by atoms with Gasteiger partial charge in [-0.2, -0.15) is 0 Å². The third-order valence-corrected chi connectivity index (χ3v) is 7.70. The Morgan fingerprint density at radius 3 is 1.70 bits per heavy atom. The normalized spacial score (nSPS) is 13.3. The zero-order valence-corrected chi connectivity index (χ0v) is 25.3. The molecular weight excluding hydrogens is 614 g/mol. The maximum Gasteiger partial charge on any atom is 0.326 e. The minimum absolute atomic E-state index is 0.0632. The highest BCUT2D eigenvalue weighted by Crippen LogP contribution is 2.22. The smallest absolute Gasteiger partial charge is 0.326 e. The number of carboxylic acids is 3. The molecule has 0 rings (SSSR count). The Bertz CT molecular complexity index is 1010. The number of carbonyl (C=O) groups is 7. The van der Waals surface area contributed by atoms with Gasteiger partial charge in [0.1, 0.15) is 24.7 Å². The van der Waals surface area contributed by atoms with E-state index in [0.29, 0.717) is 12.2 Å². The van der Waals surface area contributed by atoms with Gasteiger partial charge in [-0.3, -0.25) is 33.8 Å². The first-order chi connectivity index (χ1) is 20.2. The van der Waals surface area contributed by atoms with Gasteiger partial charge in [0.15, 0.2) is 5.96 Å². The van der Waals surface area contributed by atoms with E-state index in [4.69, 9.17) is 16.2 Å². The van der Waals surface area contributed by atoms with E-state index in [9.17, 15) is 48.9 Å². The summed E-state index contributed by atoms with van der Waals surface area (Å²) in [6.45, 7) is 1.64. The van der Waals surface area contributed by atoms with Crippen molar-refractivity contribution in [3.8, 4) is 0 Å². The van der Waals surface area contributed by atoms with E-state index >= 15 is 0 Å². The van der Waals surface area contributed by atoms with Crippen LogP contribution >= 0.6 is 21.6 Å². The molecule has 0 bridgehead atoms. The van der Waals surface area contributed by atoms with E-state index in [0.717, 1.165) is 0 Å². The third-order valence-electron chi connectivity index (χ3n) is 5.29. The summed E-state index contributed by atoms with van der Waals surface area (Å²) in [6.07, 6.45) is -1.34. The number of nitrogens with zero attached hydrogens (tertiary/aromatic N) is 1. The number of guanidine groups is 1. The van der Waals surface area contributed by atoms with Crippen LogP contribution in [0, 0.1) is 0 Å². The van der Waals surface area contributed by atoms with Crippen LogP contribution in [0.4, 0.5) is 0 Å². The van der Waals surface area contributed by atoms with Crippen LogP contribution in [0.1, 0.15) is 39.0 Å². The highest BCUT2D eigenvalue weighted by molar-refractivity contribution is 8.76. The second-order valence-electron chi connectivity index (χ2n) is 8.78. The maximum atomic E-state index is 12.9. The predicted octanol–water partition coefficient (Wildman–Crippen LogP) is -2.55. The molecule has 244 valence electrons. The molecule has 43 heavy (non-hydrogen) atoms. The number of carboxylic acid groups (broad SMARTS) is 3. The summed E-state index contributed by atoms with van der Waals surface area (Å²) >= 11 is 0. The average Bonchev–Trinajstić information content (AvgIpc) is 2.89. The lowest BCUT2D eigenvalue weighted by Crippen LogP contribution is -2.58. The van der Waals surface area contributed by atoms with E-state index in [1.807, 2.05) is 0 Å². The van der Waals surface area contributed by atoms with Crippen molar-refractivity contribution >= 4 is 69.1 Å². The molecule has 0 saturated carbocycles. The first kappa shape index (κ1) is 39.2. The highest BCUT2D eigenvalue weighted by Gasteiger charge is 2.32. The Kier molecular flexibility index (Phi) is 19.9. The fourth-order valence-corrected chi connectivity index (χ4v) is 5.17. The van der Waals surface area contributed by atoms with Gasteiger partial charge in [0.25, 0.3) is 0 Å². The van der Waals surface area contributed by atoms with E-state index in [1.165, 1.54) is 35.6 Å². The molecule has 0 saturated heterocycles. The molecule has 0 aliphatic heterocycles. The summed E-state index contributed by atoms with van der Waals surface area (Å²) in [4.78, 5) is 87.5. The van der Waals surface area contributed by atoms with Crippen molar-refractivity contribution in [1.82, 2.24) is 21.3 Å². The standard InChI is InChI=1S/C23H39N7O11S2/c1-12(31)41-7-9-43-42-8-5-14(22(39)40)28-20(37)15(10-17(32)33)30-21(38)16(11-18(34)35)29-19(36)13(26-2)4-3-6-27-23(24)25/h13-16,26H,3-11H2,1-2H3,(H,28,37)(H,29,36)(H,30,38)(H,32,33)(H,34,35)(H,39,40)(H4,24,25,27)/t13-,14-,15-,16-/m0/s1. The van der Waals surface area contributed by atoms with E-state index in [2.05, 4.69) is 26.3 Å². The zero-order valence-electron chi connectivity index (χ0n) is 23.7. The Morgan fingerprint density at radius 2 is 1.26 bits per heavy atom. The number of nitrogens with two attached hydrogens (primary N) is 2. The number of hydrogen-bond acceptors (Lipinski definition) is 12. The van der Waals surface area contributed by atoms with Crippen molar-refractivity contribution in [1.29, 1.82) is 0 Å². The molecule has 0 aliphatic carbocycles. The van der Waals surface area contributed by atoms with Crippen LogP contribution in [-0.2, 0) is 38.3 Å². The second-order valence-corrected chi connectivity index (χ2v) is 11.5. The first-order valence-electron chi connectivity index (χ1n) is 12.9. The summed E-state index contributed by atoms with van der Waals surface area (Å²) in [7, 11) is 4.03. The largest absolute Gasteiger partial charge is 0.481 e. The number of likely N-dealkylation sites (N-methyl/N-ethyl adjacent to an activating group) is 1. The molecule has 0 aromatic carbocycles. The van der Waals surface area contributed by atoms with Crippen molar-refractivity contribution < 1.29 is 53.6 Å². The molecule has 18 nitrogen and oxygen atoms in total. The molecule has 0 unspecified atom stereocenters. The molecule has 0 heterocycles. The molecule has 20 heteroatoms. The fraction of sp³-hybridized carbons (Fsp3) is 0.652. The number of hydrogen-bond donors (Lipinski definition) is 9. The summed E-state index contributed by atoms with van der Waals surface area (Å²) in [5, 5.41) is 37.3. The SMILES string of the molecule is CN[C@@H](CCCN=C(N)N)C(=O)N[C@@H](CC(=O)O)C(=O)N[C@@H](CC(=O)O)C(=O)N[C@@H](CCSSCCOC(C)=O)C(=O)O. The summed E-state index contributed by atoms with van der Waals surface area (Å²) < 4.78 is 4.78. The molecule has 0 spiro atoms. The number of rotatable bonds is 23. The lowest BCUT2D eigenvalue weighted by Gasteiger charge is -2.24.